The Kier molecular flexibility index (Phi) is 5.73. The minimum atomic E-state index is -0.147. The number of hydrogen-bond acceptors (Lipinski definition) is 4. The van der Waals surface area contributed by atoms with Crippen LogP contribution in [0.4, 0.5) is 0 Å². The van der Waals surface area contributed by atoms with E-state index in [0.29, 0.717) is 22.5 Å². The molecule has 5 nitrogen and oxygen atoms in total. The Balaban J connectivity index is 1.54. The third kappa shape index (κ3) is 4.61. The smallest absolute Gasteiger partial charge is 0.241 e. The van der Waals surface area contributed by atoms with Crippen LogP contribution in [-0.4, -0.2) is 28.0 Å². The Labute approximate surface area is 154 Å². The number of amides is 1. The molecule has 1 heterocycles. The van der Waals surface area contributed by atoms with Gasteiger partial charge in [0.25, 0.3) is 0 Å². The summed E-state index contributed by atoms with van der Waals surface area (Å²) < 4.78 is 1.54. The van der Waals surface area contributed by atoms with E-state index in [1.807, 2.05) is 30.3 Å². The fourth-order valence-electron chi connectivity index (χ4n) is 2.37. The maximum absolute atomic E-state index is 12.1. The molecule has 0 aliphatic rings. The van der Waals surface area contributed by atoms with E-state index in [1.165, 1.54) is 6.20 Å². The molecule has 1 aromatic heterocycles. The molecule has 0 unspecified atom stereocenters. The Morgan fingerprint density at radius 3 is 2.72 bits per heavy atom. The SMILES string of the molecule is O=C(Cn1ncc(=O)c2ccccc21)NCCSc1ccc(Cl)cc1. The highest BCUT2D eigenvalue weighted by atomic mass is 35.5. The van der Waals surface area contributed by atoms with Crippen molar-refractivity contribution < 1.29 is 4.79 Å². The molecule has 25 heavy (non-hydrogen) atoms. The van der Waals surface area contributed by atoms with E-state index >= 15 is 0 Å². The summed E-state index contributed by atoms with van der Waals surface area (Å²) in [6.45, 7) is 0.622. The predicted molar refractivity (Wildman–Crippen MR) is 101 cm³/mol. The second-order valence-electron chi connectivity index (χ2n) is 5.34. The van der Waals surface area contributed by atoms with Crippen molar-refractivity contribution in [2.45, 2.75) is 11.4 Å². The molecule has 0 radical (unpaired) electrons. The first-order valence-corrected chi connectivity index (χ1v) is 9.10. The fourth-order valence-corrected chi connectivity index (χ4v) is 3.26. The minimum Gasteiger partial charge on any atom is -0.354 e. The lowest BCUT2D eigenvalue weighted by Gasteiger charge is -2.09. The molecule has 1 N–H and O–H groups in total. The van der Waals surface area contributed by atoms with Crippen molar-refractivity contribution >= 4 is 40.2 Å². The van der Waals surface area contributed by atoms with Crippen LogP contribution in [0.25, 0.3) is 10.9 Å². The number of fused-ring (bicyclic) bond motifs is 1. The number of hydrogen-bond donors (Lipinski definition) is 1. The van der Waals surface area contributed by atoms with Crippen LogP contribution in [0.2, 0.25) is 5.02 Å². The maximum atomic E-state index is 12.1. The van der Waals surface area contributed by atoms with E-state index in [0.717, 1.165) is 10.6 Å². The molecule has 0 spiro atoms. The molecule has 0 bridgehead atoms. The molecule has 0 saturated carbocycles. The monoisotopic (exact) mass is 373 g/mol. The first-order chi connectivity index (χ1) is 12.1. The number of nitrogens with zero attached hydrogens (tertiary/aromatic N) is 2. The van der Waals surface area contributed by atoms with Crippen molar-refractivity contribution in [1.82, 2.24) is 15.1 Å². The highest BCUT2D eigenvalue weighted by Crippen LogP contribution is 2.19. The molecular weight excluding hydrogens is 358 g/mol. The Hall–Kier alpha value is -2.31. The molecule has 2 aromatic carbocycles. The van der Waals surface area contributed by atoms with Crippen molar-refractivity contribution in [1.29, 1.82) is 0 Å². The van der Waals surface area contributed by atoms with Gasteiger partial charge in [-0.1, -0.05) is 23.7 Å². The van der Waals surface area contributed by atoms with E-state index in [-0.39, 0.29) is 17.9 Å². The van der Waals surface area contributed by atoms with Gasteiger partial charge in [0.05, 0.1) is 11.7 Å². The van der Waals surface area contributed by atoms with E-state index in [9.17, 15) is 9.59 Å². The van der Waals surface area contributed by atoms with Gasteiger partial charge < -0.3 is 5.32 Å². The number of rotatable bonds is 6. The minimum absolute atomic E-state index is 0.0758. The molecule has 128 valence electrons. The number of para-hydroxylation sites is 1. The number of carbonyl (C=O) groups is 1. The number of thioether (sulfide) groups is 1. The van der Waals surface area contributed by atoms with E-state index < -0.39 is 0 Å². The zero-order valence-electron chi connectivity index (χ0n) is 13.3. The summed E-state index contributed by atoms with van der Waals surface area (Å²) in [6, 6.07) is 14.7. The maximum Gasteiger partial charge on any atom is 0.241 e. The van der Waals surface area contributed by atoms with Crippen molar-refractivity contribution in [3.8, 4) is 0 Å². The van der Waals surface area contributed by atoms with Gasteiger partial charge >= 0.3 is 0 Å². The van der Waals surface area contributed by atoms with Gasteiger partial charge in [-0.05, 0) is 36.4 Å². The van der Waals surface area contributed by atoms with Crippen LogP contribution in [0.3, 0.4) is 0 Å². The Bertz CT molecular complexity index is 941. The highest BCUT2D eigenvalue weighted by molar-refractivity contribution is 7.99. The zero-order chi connectivity index (χ0) is 17.6. The molecule has 0 saturated heterocycles. The molecule has 7 heteroatoms. The molecule has 3 aromatic rings. The van der Waals surface area contributed by atoms with Crippen LogP contribution in [0, 0.1) is 0 Å². The summed E-state index contributed by atoms with van der Waals surface area (Å²) in [6.07, 6.45) is 1.24. The van der Waals surface area contributed by atoms with Crippen molar-refractivity contribution in [2.75, 3.05) is 12.3 Å². The zero-order valence-corrected chi connectivity index (χ0v) is 14.9. The fraction of sp³-hybridized carbons (Fsp3) is 0.167. The van der Waals surface area contributed by atoms with E-state index in [1.54, 1.807) is 34.6 Å². The van der Waals surface area contributed by atoms with E-state index in [2.05, 4.69) is 10.4 Å². The Morgan fingerprint density at radius 2 is 1.92 bits per heavy atom. The first kappa shape index (κ1) is 17.5. The summed E-state index contributed by atoms with van der Waals surface area (Å²) >= 11 is 7.49. The lowest BCUT2D eigenvalue weighted by atomic mass is 10.2. The number of carbonyl (C=O) groups excluding carboxylic acids is 1. The average Bonchev–Trinajstić information content (AvgIpc) is 2.63. The van der Waals surface area contributed by atoms with Crippen LogP contribution < -0.4 is 10.7 Å². The van der Waals surface area contributed by atoms with Crippen LogP contribution in [-0.2, 0) is 11.3 Å². The quantitative estimate of drug-likeness (QED) is 0.533. The third-order valence-electron chi connectivity index (χ3n) is 3.56. The molecule has 3 rings (SSSR count). The second kappa shape index (κ2) is 8.18. The normalized spacial score (nSPS) is 10.8. The van der Waals surface area contributed by atoms with Gasteiger partial charge in [0, 0.05) is 27.6 Å². The first-order valence-electron chi connectivity index (χ1n) is 7.73. The van der Waals surface area contributed by atoms with Crippen LogP contribution in [0.15, 0.2) is 64.4 Å². The predicted octanol–water partition coefficient (Wildman–Crippen LogP) is 2.96. The molecule has 0 atom stereocenters. The topological polar surface area (TPSA) is 64.0 Å². The molecule has 0 fully saturated rings. The molecule has 1 amide bonds. The number of aromatic nitrogens is 2. The standard InChI is InChI=1S/C18H16ClN3O2S/c19-13-5-7-14(8-6-13)25-10-9-20-18(24)12-22-16-4-2-1-3-15(16)17(23)11-21-22/h1-8,11H,9-10,12H2,(H,20,24). The lowest BCUT2D eigenvalue weighted by molar-refractivity contribution is -0.121. The average molecular weight is 374 g/mol. The highest BCUT2D eigenvalue weighted by Gasteiger charge is 2.07. The molecule has 0 aliphatic heterocycles. The van der Waals surface area contributed by atoms with Gasteiger partial charge in [0.1, 0.15) is 6.54 Å². The summed E-state index contributed by atoms with van der Waals surface area (Å²) in [5, 5.41) is 8.19. The van der Waals surface area contributed by atoms with Crippen LogP contribution in [0.1, 0.15) is 0 Å². The number of nitrogens with one attached hydrogen (secondary N) is 1. The van der Waals surface area contributed by atoms with Gasteiger partial charge in [0.15, 0.2) is 0 Å². The van der Waals surface area contributed by atoms with Crippen LogP contribution >= 0.6 is 23.4 Å². The largest absolute Gasteiger partial charge is 0.354 e. The summed E-state index contributed by atoms with van der Waals surface area (Å²) in [7, 11) is 0. The molecular formula is C18H16ClN3O2S. The number of benzene rings is 2. The van der Waals surface area contributed by atoms with Gasteiger partial charge in [-0.2, -0.15) is 5.10 Å². The van der Waals surface area contributed by atoms with Crippen molar-refractivity contribution in [3.63, 3.8) is 0 Å². The summed E-state index contributed by atoms with van der Waals surface area (Å²) in [4.78, 5) is 25.0. The lowest BCUT2D eigenvalue weighted by Crippen LogP contribution is -2.30. The van der Waals surface area contributed by atoms with Gasteiger partial charge in [-0.15, -0.1) is 11.8 Å². The van der Waals surface area contributed by atoms with Gasteiger partial charge in [0.2, 0.25) is 11.3 Å². The summed E-state index contributed by atoms with van der Waals surface area (Å²) in [5.41, 5.74) is 0.507. The molecule has 0 aliphatic carbocycles. The number of halogens is 1. The summed E-state index contributed by atoms with van der Waals surface area (Å²) in [5.74, 6) is 0.615. The van der Waals surface area contributed by atoms with Gasteiger partial charge in [-0.3, -0.25) is 14.3 Å². The van der Waals surface area contributed by atoms with Crippen molar-refractivity contribution in [3.05, 3.63) is 70.0 Å². The second-order valence-corrected chi connectivity index (χ2v) is 6.94. The van der Waals surface area contributed by atoms with Crippen LogP contribution in [0.5, 0.6) is 0 Å². The third-order valence-corrected chi connectivity index (χ3v) is 4.83. The Morgan fingerprint density at radius 1 is 1.16 bits per heavy atom. The van der Waals surface area contributed by atoms with Gasteiger partial charge in [-0.25, -0.2) is 0 Å². The van der Waals surface area contributed by atoms with E-state index in [4.69, 9.17) is 11.6 Å². The van der Waals surface area contributed by atoms with Crippen molar-refractivity contribution in [2.24, 2.45) is 0 Å².